The standard InChI is InChI=1S/C27H26FN7O/c1-3-36-21-9-22(26-20(10-29)12-31-35(26)15-21)17-5-7-24(30-11-17)34-13-18-8-19(14-34)25(18)33-27-23(28)6-4-16(2)32-27/h4-7,9,11-12,15,18-19,25H,3,8,13-14H2,1-2H3,(H,32,33). The van der Waals surface area contributed by atoms with E-state index in [4.69, 9.17) is 9.72 Å². The molecule has 3 fully saturated rings. The number of anilines is 2. The number of hydrogen-bond donors (Lipinski definition) is 1. The lowest BCUT2D eigenvalue weighted by molar-refractivity contribution is 0.129. The van der Waals surface area contributed by atoms with E-state index in [1.54, 1.807) is 23.0 Å². The SMILES string of the molecule is CCOc1cc(-c2ccc(N3CC4CC(C3)C4Nc3nc(C)ccc3F)nc2)c2c(C#N)cnn2c1. The number of fused-ring (bicyclic) bond motifs is 3. The van der Waals surface area contributed by atoms with Gasteiger partial charge in [0.15, 0.2) is 11.6 Å². The first-order chi connectivity index (χ1) is 17.5. The van der Waals surface area contributed by atoms with Crippen molar-refractivity contribution < 1.29 is 9.13 Å². The highest BCUT2D eigenvalue weighted by Crippen LogP contribution is 2.43. The topological polar surface area (TPSA) is 91.4 Å². The fourth-order valence-electron chi connectivity index (χ4n) is 5.49. The maximum Gasteiger partial charge on any atom is 0.165 e. The van der Waals surface area contributed by atoms with Crippen LogP contribution in [-0.2, 0) is 0 Å². The quantitative estimate of drug-likeness (QED) is 0.433. The van der Waals surface area contributed by atoms with Crippen LogP contribution in [0.25, 0.3) is 16.6 Å². The highest BCUT2D eigenvalue weighted by atomic mass is 19.1. The van der Waals surface area contributed by atoms with Crippen molar-refractivity contribution in [2.24, 2.45) is 11.8 Å². The number of ether oxygens (including phenoxy) is 1. The molecule has 7 rings (SSSR count). The fourth-order valence-corrected chi connectivity index (χ4v) is 5.49. The summed E-state index contributed by atoms with van der Waals surface area (Å²) in [5.74, 6) is 2.48. The molecule has 1 aliphatic carbocycles. The second-order valence-corrected chi connectivity index (χ2v) is 9.50. The maximum atomic E-state index is 14.2. The lowest BCUT2D eigenvalue weighted by Gasteiger charge is -2.54. The van der Waals surface area contributed by atoms with E-state index < -0.39 is 0 Å². The van der Waals surface area contributed by atoms with E-state index in [2.05, 4.69) is 26.4 Å². The monoisotopic (exact) mass is 483 g/mol. The second-order valence-electron chi connectivity index (χ2n) is 9.50. The Bertz CT molecular complexity index is 1460. The van der Waals surface area contributed by atoms with E-state index in [0.29, 0.717) is 35.6 Å². The summed E-state index contributed by atoms with van der Waals surface area (Å²) in [6, 6.07) is 11.6. The van der Waals surface area contributed by atoms with Gasteiger partial charge in [0.1, 0.15) is 17.6 Å². The first kappa shape index (κ1) is 22.3. The Morgan fingerprint density at radius 1 is 1.19 bits per heavy atom. The van der Waals surface area contributed by atoms with Gasteiger partial charge in [-0.25, -0.2) is 18.9 Å². The smallest absolute Gasteiger partial charge is 0.165 e. The molecule has 3 aliphatic rings. The van der Waals surface area contributed by atoms with Crippen molar-refractivity contribution in [1.82, 2.24) is 19.6 Å². The second kappa shape index (κ2) is 8.79. The lowest BCUT2D eigenvalue weighted by Crippen LogP contribution is -2.61. The van der Waals surface area contributed by atoms with Crippen LogP contribution in [0.2, 0.25) is 0 Å². The minimum absolute atomic E-state index is 0.227. The van der Waals surface area contributed by atoms with Gasteiger partial charge in [-0.15, -0.1) is 0 Å². The Labute approximate surface area is 208 Å². The zero-order valence-corrected chi connectivity index (χ0v) is 20.1. The minimum Gasteiger partial charge on any atom is -0.492 e. The number of aromatic nitrogens is 4. The molecule has 2 unspecified atom stereocenters. The van der Waals surface area contributed by atoms with Gasteiger partial charge in [-0.2, -0.15) is 10.4 Å². The molecule has 0 spiro atoms. The van der Waals surface area contributed by atoms with Gasteiger partial charge in [-0.05, 0) is 62.4 Å². The van der Waals surface area contributed by atoms with Crippen molar-refractivity contribution in [3.63, 3.8) is 0 Å². The summed E-state index contributed by atoms with van der Waals surface area (Å²) in [7, 11) is 0. The fraction of sp³-hybridized carbons (Fsp3) is 0.333. The number of nitrogens with zero attached hydrogens (tertiary/aromatic N) is 6. The predicted molar refractivity (Wildman–Crippen MR) is 134 cm³/mol. The summed E-state index contributed by atoms with van der Waals surface area (Å²) in [6.07, 6.45) is 6.32. The van der Waals surface area contributed by atoms with Crippen LogP contribution in [0.15, 0.2) is 48.9 Å². The van der Waals surface area contributed by atoms with E-state index in [-0.39, 0.29) is 11.9 Å². The van der Waals surface area contributed by atoms with Gasteiger partial charge >= 0.3 is 0 Å². The average Bonchev–Trinajstić information content (AvgIpc) is 3.32. The molecule has 6 heterocycles. The molecular weight excluding hydrogens is 457 g/mol. The van der Waals surface area contributed by atoms with E-state index in [1.807, 2.05) is 38.2 Å². The summed E-state index contributed by atoms with van der Waals surface area (Å²) < 4.78 is 21.6. The molecule has 8 nitrogen and oxygen atoms in total. The van der Waals surface area contributed by atoms with E-state index >= 15 is 0 Å². The van der Waals surface area contributed by atoms with Crippen LogP contribution in [0.4, 0.5) is 16.0 Å². The largest absolute Gasteiger partial charge is 0.492 e. The zero-order chi connectivity index (χ0) is 24.8. The average molecular weight is 484 g/mol. The van der Waals surface area contributed by atoms with Gasteiger partial charge in [0.25, 0.3) is 0 Å². The lowest BCUT2D eigenvalue weighted by atomic mass is 9.66. The van der Waals surface area contributed by atoms with E-state index in [0.717, 1.165) is 47.7 Å². The van der Waals surface area contributed by atoms with Crippen LogP contribution < -0.4 is 15.0 Å². The predicted octanol–water partition coefficient (Wildman–Crippen LogP) is 4.45. The number of hydrogen-bond acceptors (Lipinski definition) is 7. The van der Waals surface area contributed by atoms with E-state index in [9.17, 15) is 9.65 Å². The molecule has 1 saturated carbocycles. The number of pyridine rings is 3. The summed E-state index contributed by atoms with van der Waals surface area (Å²) in [5.41, 5.74) is 3.79. The molecule has 2 bridgehead atoms. The number of piperidine rings is 2. The zero-order valence-electron chi connectivity index (χ0n) is 20.1. The molecule has 0 amide bonds. The molecule has 4 aromatic heterocycles. The van der Waals surface area contributed by atoms with Gasteiger partial charge in [0.2, 0.25) is 0 Å². The van der Waals surface area contributed by atoms with Crippen LogP contribution in [0.5, 0.6) is 5.75 Å². The Kier molecular flexibility index (Phi) is 5.44. The molecule has 2 atom stereocenters. The molecule has 0 aromatic carbocycles. The third kappa shape index (κ3) is 3.79. The highest BCUT2D eigenvalue weighted by molar-refractivity contribution is 5.85. The van der Waals surface area contributed by atoms with E-state index in [1.165, 1.54) is 6.07 Å². The van der Waals surface area contributed by atoms with Crippen LogP contribution in [0, 0.1) is 35.9 Å². The molecule has 1 N–H and O–H groups in total. The Balaban J connectivity index is 1.22. The van der Waals surface area contributed by atoms with Crippen LogP contribution in [-0.4, -0.2) is 45.3 Å². The first-order valence-corrected chi connectivity index (χ1v) is 12.2. The summed E-state index contributed by atoms with van der Waals surface area (Å²) in [6.45, 7) is 6.06. The normalized spacial score (nSPS) is 20.6. The molecule has 2 saturated heterocycles. The number of nitriles is 1. The number of aryl methyl sites for hydroxylation is 1. The number of nitrogens with one attached hydrogen (secondary N) is 1. The van der Waals surface area contributed by atoms with Crippen LogP contribution in [0.3, 0.4) is 0 Å². The summed E-state index contributed by atoms with van der Waals surface area (Å²) in [4.78, 5) is 11.4. The van der Waals surface area contributed by atoms with Crippen molar-refractivity contribution in [3.8, 4) is 22.9 Å². The molecule has 9 heteroatoms. The van der Waals surface area contributed by atoms with Gasteiger partial charge in [0, 0.05) is 42.1 Å². The minimum atomic E-state index is -0.306. The van der Waals surface area contributed by atoms with Crippen LogP contribution >= 0.6 is 0 Å². The van der Waals surface area contributed by atoms with Crippen molar-refractivity contribution in [2.45, 2.75) is 26.3 Å². The Morgan fingerprint density at radius 3 is 2.75 bits per heavy atom. The molecular formula is C27H26FN7O. The van der Waals surface area contributed by atoms with Gasteiger partial charge < -0.3 is 15.0 Å². The van der Waals surface area contributed by atoms with Crippen molar-refractivity contribution >= 4 is 17.2 Å². The van der Waals surface area contributed by atoms with Crippen molar-refractivity contribution in [2.75, 3.05) is 29.9 Å². The van der Waals surface area contributed by atoms with Gasteiger partial charge in [-0.1, -0.05) is 0 Å². The number of halogens is 1. The van der Waals surface area contributed by atoms with Crippen molar-refractivity contribution in [3.05, 3.63) is 66.0 Å². The molecule has 36 heavy (non-hydrogen) atoms. The molecule has 182 valence electrons. The summed E-state index contributed by atoms with van der Waals surface area (Å²) >= 11 is 0. The molecule has 2 aliphatic heterocycles. The van der Waals surface area contributed by atoms with Crippen LogP contribution in [0.1, 0.15) is 24.6 Å². The Hall–Kier alpha value is -4.19. The van der Waals surface area contributed by atoms with Gasteiger partial charge in [0.05, 0.1) is 30.1 Å². The summed E-state index contributed by atoms with van der Waals surface area (Å²) in [5, 5.41) is 17.2. The first-order valence-electron chi connectivity index (χ1n) is 12.2. The highest BCUT2D eigenvalue weighted by Gasteiger charge is 2.47. The van der Waals surface area contributed by atoms with Gasteiger partial charge in [-0.3, -0.25) is 0 Å². The molecule has 4 aromatic rings. The number of rotatable bonds is 6. The van der Waals surface area contributed by atoms with Crippen molar-refractivity contribution in [1.29, 1.82) is 5.26 Å². The maximum absolute atomic E-state index is 14.2. The Morgan fingerprint density at radius 2 is 2.03 bits per heavy atom. The third-order valence-corrected chi connectivity index (χ3v) is 7.22. The molecule has 0 radical (unpaired) electrons. The third-order valence-electron chi connectivity index (χ3n) is 7.22.